The summed E-state index contributed by atoms with van der Waals surface area (Å²) in [6, 6.07) is 8.01. The third-order valence-electron chi connectivity index (χ3n) is 6.04. The van der Waals surface area contributed by atoms with Crippen molar-refractivity contribution in [1.82, 2.24) is 9.88 Å². The molecule has 3 aromatic rings. The highest BCUT2D eigenvalue weighted by atomic mass is 32.1. The van der Waals surface area contributed by atoms with E-state index in [2.05, 4.69) is 10.3 Å². The summed E-state index contributed by atoms with van der Waals surface area (Å²) in [5, 5.41) is 23.5. The topological polar surface area (TPSA) is 138 Å². The van der Waals surface area contributed by atoms with Gasteiger partial charge >= 0.3 is 0 Å². The Labute approximate surface area is 229 Å². The summed E-state index contributed by atoms with van der Waals surface area (Å²) in [6.07, 6.45) is 0.791. The van der Waals surface area contributed by atoms with Gasteiger partial charge in [-0.2, -0.15) is 0 Å². The number of pyridine rings is 1. The largest absolute Gasteiger partial charge is 0.467 e. The Morgan fingerprint density at radius 3 is 2.51 bits per heavy atom. The standard InChI is InChI=1S/C27H32F2N4O5S/c1-4-8-33(9-10-38-15-35)21(14-34)20-6-5-7-23(31-20)32-26-17(25(30)36)13-22(39-26)24-18(28)11-16(12-19(24)29)27(2,3)37/h5-7,11-13,15,21,34,37H,4,8-10,14H2,1-3H3,(H2,30,36)(H,31,32). The number of nitrogens with zero attached hydrogens (tertiary/aromatic N) is 2. The molecule has 0 aliphatic carbocycles. The molecule has 1 aromatic carbocycles. The van der Waals surface area contributed by atoms with Crippen LogP contribution in [0.15, 0.2) is 36.4 Å². The zero-order chi connectivity index (χ0) is 28.7. The van der Waals surface area contributed by atoms with Crippen LogP contribution in [-0.2, 0) is 15.1 Å². The van der Waals surface area contributed by atoms with Crippen LogP contribution in [0.3, 0.4) is 0 Å². The Kier molecular flexibility index (Phi) is 10.1. The van der Waals surface area contributed by atoms with Gasteiger partial charge in [-0.05, 0) is 62.7 Å². The van der Waals surface area contributed by atoms with Gasteiger partial charge in [0.25, 0.3) is 12.4 Å². The minimum absolute atomic E-state index is 0.0184. The summed E-state index contributed by atoms with van der Waals surface area (Å²) < 4.78 is 34.8. The number of carbonyl (C=O) groups excluding carboxylic acids is 2. The van der Waals surface area contributed by atoms with E-state index in [0.717, 1.165) is 29.9 Å². The zero-order valence-electron chi connectivity index (χ0n) is 21.9. The second kappa shape index (κ2) is 13.1. The molecule has 39 heavy (non-hydrogen) atoms. The first kappa shape index (κ1) is 30.1. The molecule has 2 aromatic heterocycles. The predicted molar refractivity (Wildman–Crippen MR) is 145 cm³/mol. The number of aliphatic hydroxyl groups is 2. The third-order valence-corrected chi connectivity index (χ3v) is 7.10. The van der Waals surface area contributed by atoms with Gasteiger partial charge in [0.15, 0.2) is 0 Å². The Morgan fingerprint density at radius 1 is 1.26 bits per heavy atom. The number of aliphatic hydroxyl groups excluding tert-OH is 1. The molecule has 5 N–H and O–H groups in total. The van der Waals surface area contributed by atoms with E-state index in [-0.39, 0.29) is 39.8 Å². The Balaban J connectivity index is 1.95. The van der Waals surface area contributed by atoms with Gasteiger partial charge < -0.3 is 26.0 Å². The number of benzene rings is 1. The van der Waals surface area contributed by atoms with Crippen LogP contribution in [0.25, 0.3) is 10.4 Å². The van der Waals surface area contributed by atoms with Crippen molar-refractivity contribution in [3.63, 3.8) is 0 Å². The van der Waals surface area contributed by atoms with E-state index >= 15 is 0 Å². The van der Waals surface area contributed by atoms with Gasteiger partial charge in [-0.3, -0.25) is 14.5 Å². The lowest BCUT2D eigenvalue weighted by Crippen LogP contribution is -2.35. The van der Waals surface area contributed by atoms with Crippen LogP contribution < -0.4 is 11.1 Å². The molecule has 1 atom stereocenters. The smallest absolute Gasteiger partial charge is 0.293 e. The van der Waals surface area contributed by atoms with Crippen molar-refractivity contribution in [3.05, 3.63) is 64.9 Å². The molecule has 1 unspecified atom stereocenters. The number of hydrogen-bond acceptors (Lipinski definition) is 9. The van der Waals surface area contributed by atoms with E-state index in [1.54, 1.807) is 18.2 Å². The number of aromatic nitrogens is 1. The van der Waals surface area contributed by atoms with Crippen LogP contribution in [-0.4, -0.2) is 58.8 Å². The molecule has 1 amide bonds. The summed E-state index contributed by atoms with van der Waals surface area (Å²) in [5.41, 5.74) is 4.38. The van der Waals surface area contributed by atoms with Crippen LogP contribution >= 0.6 is 11.3 Å². The first-order valence-electron chi connectivity index (χ1n) is 12.3. The van der Waals surface area contributed by atoms with E-state index in [9.17, 15) is 28.6 Å². The summed E-state index contributed by atoms with van der Waals surface area (Å²) in [5.74, 6) is -2.27. The molecule has 210 valence electrons. The van der Waals surface area contributed by atoms with Gasteiger partial charge in [-0.15, -0.1) is 11.3 Å². The Morgan fingerprint density at radius 2 is 1.95 bits per heavy atom. The number of amides is 1. The second-order valence-electron chi connectivity index (χ2n) is 9.37. The quantitative estimate of drug-likeness (QED) is 0.170. The number of nitrogens with one attached hydrogen (secondary N) is 1. The van der Waals surface area contributed by atoms with Gasteiger partial charge in [-0.25, -0.2) is 13.8 Å². The van der Waals surface area contributed by atoms with Crippen molar-refractivity contribution in [2.24, 2.45) is 5.73 Å². The summed E-state index contributed by atoms with van der Waals surface area (Å²) >= 11 is 0.922. The molecule has 9 nitrogen and oxygen atoms in total. The second-order valence-corrected chi connectivity index (χ2v) is 10.4. The normalized spacial score (nSPS) is 12.4. The monoisotopic (exact) mass is 562 g/mol. The van der Waals surface area contributed by atoms with Gasteiger partial charge in [0.2, 0.25) is 0 Å². The van der Waals surface area contributed by atoms with Crippen molar-refractivity contribution < 1.29 is 33.3 Å². The predicted octanol–water partition coefficient (Wildman–Crippen LogP) is 4.08. The highest BCUT2D eigenvalue weighted by Crippen LogP contribution is 2.40. The maximum absolute atomic E-state index is 15.0. The number of carbonyl (C=O) groups is 2. The highest BCUT2D eigenvalue weighted by molar-refractivity contribution is 7.20. The SMILES string of the molecule is CCCN(CCOC=O)C(CO)c1cccc(Nc2sc(-c3c(F)cc(C(C)(C)O)cc3F)cc2C(N)=O)n1. The average Bonchev–Trinajstić information content (AvgIpc) is 3.27. The van der Waals surface area contributed by atoms with Crippen LogP contribution in [0.5, 0.6) is 0 Å². The van der Waals surface area contributed by atoms with Crippen LogP contribution in [0.2, 0.25) is 0 Å². The molecule has 0 bridgehead atoms. The first-order valence-corrected chi connectivity index (χ1v) is 13.1. The molecule has 0 spiro atoms. The zero-order valence-corrected chi connectivity index (χ0v) is 22.7. The lowest BCUT2D eigenvalue weighted by molar-refractivity contribution is -0.129. The molecule has 0 saturated carbocycles. The fourth-order valence-electron chi connectivity index (χ4n) is 4.10. The van der Waals surface area contributed by atoms with Crippen molar-refractivity contribution in [3.8, 4) is 10.4 Å². The minimum atomic E-state index is -1.45. The summed E-state index contributed by atoms with van der Waals surface area (Å²) in [7, 11) is 0. The molecule has 0 fully saturated rings. The van der Waals surface area contributed by atoms with E-state index in [1.165, 1.54) is 19.9 Å². The van der Waals surface area contributed by atoms with Crippen molar-refractivity contribution in [2.75, 3.05) is 31.6 Å². The molecular weight excluding hydrogens is 530 g/mol. The van der Waals surface area contributed by atoms with Crippen molar-refractivity contribution in [2.45, 2.75) is 38.8 Å². The van der Waals surface area contributed by atoms with E-state index in [1.807, 2.05) is 11.8 Å². The van der Waals surface area contributed by atoms with Crippen LogP contribution in [0.4, 0.5) is 19.6 Å². The number of primary amides is 1. The number of thiophene rings is 1. The van der Waals surface area contributed by atoms with Gasteiger partial charge in [0.05, 0.1) is 35.1 Å². The van der Waals surface area contributed by atoms with Gasteiger partial charge in [0, 0.05) is 11.4 Å². The average molecular weight is 563 g/mol. The molecule has 12 heteroatoms. The van der Waals surface area contributed by atoms with Gasteiger partial charge in [0.1, 0.15) is 29.1 Å². The number of rotatable bonds is 14. The lowest BCUT2D eigenvalue weighted by atomic mass is 9.96. The van der Waals surface area contributed by atoms with Crippen LogP contribution in [0, 0.1) is 11.6 Å². The number of hydrogen-bond donors (Lipinski definition) is 4. The maximum Gasteiger partial charge on any atom is 0.293 e. The van der Waals surface area contributed by atoms with Crippen molar-refractivity contribution in [1.29, 1.82) is 0 Å². The highest BCUT2D eigenvalue weighted by Gasteiger charge is 2.25. The molecule has 0 aliphatic rings. The minimum Gasteiger partial charge on any atom is -0.467 e. The molecule has 3 rings (SSSR count). The van der Waals surface area contributed by atoms with E-state index in [4.69, 9.17) is 10.5 Å². The summed E-state index contributed by atoms with van der Waals surface area (Å²) in [6.45, 7) is 6.11. The molecule has 0 saturated heterocycles. The summed E-state index contributed by atoms with van der Waals surface area (Å²) in [4.78, 5) is 29.4. The third kappa shape index (κ3) is 7.35. The number of halogens is 2. The molecular formula is C27H32F2N4O5S. The van der Waals surface area contributed by atoms with Crippen LogP contribution in [0.1, 0.15) is 54.8 Å². The number of ether oxygens (including phenoxy) is 1. The Hall–Kier alpha value is -3.45. The number of anilines is 2. The molecule has 0 aliphatic heterocycles. The molecule has 2 heterocycles. The van der Waals surface area contributed by atoms with E-state index in [0.29, 0.717) is 31.1 Å². The maximum atomic E-state index is 15.0. The fourth-order valence-corrected chi connectivity index (χ4v) is 5.22. The first-order chi connectivity index (χ1) is 18.5. The van der Waals surface area contributed by atoms with E-state index < -0.39 is 29.2 Å². The Bertz CT molecular complexity index is 1290. The fraction of sp³-hybridized carbons (Fsp3) is 0.370. The number of nitrogens with two attached hydrogens (primary N) is 1. The molecule has 0 radical (unpaired) electrons. The van der Waals surface area contributed by atoms with Crippen molar-refractivity contribution >= 4 is 34.5 Å². The lowest BCUT2D eigenvalue weighted by Gasteiger charge is -2.29. The van der Waals surface area contributed by atoms with Gasteiger partial charge in [-0.1, -0.05) is 13.0 Å².